The molecule has 23 heavy (non-hydrogen) atoms. The molecule has 0 saturated carbocycles. The van der Waals surface area contributed by atoms with Crippen LogP contribution >= 0.6 is 22.7 Å². The molecule has 1 atom stereocenters. The second-order valence-electron chi connectivity index (χ2n) is 4.96. The number of nitrogens with one attached hydrogen (secondary N) is 1. The van der Waals surface area contributed by atoms with Gasteiger partial charge in [0.1, 0.15) is 11.9 Å². The molecular weight excluding hydrogens is 333 g/mol. The fraction of sp³-hybridized carbons (Fsp3) is 0.118. The first kappa shape index (κ1) is 15.9. The largest absolute Gasteiger partial charge is 0.383 e. The average Bonchev–Trinajstić information content (AvgIpc) is 3.23. The Bertz CT molecular complexity index is 799. The van der Waals surface area contributed by atoms with Crippen LogP contribution in [0.1, 0.15) is 31.8 Å². The van der Waals surface area contributed by atoms with Crippen molar-refractivity contribution in [2.75, 3.05) is 0 Å². The summed E-state index contributed by atoms with van der Waals surface area (Å²) in [5.41, 5.74) is 1.16. The van der Waals surface area contributed by atoms with Gasteiger partial charge in [0.15, 0.2) is 0 Å². The van der Waals surface area contributed by atoms with Crippen molar-refractivity contribution in [2.45, 2.75) is 12.6 Å². The predicted molar refractivity (Wildman–Crippen MR) is 90.3 cm³/mol. The van der Waals surface area contributed by atoms with E-state index in [1.165, 1.54) is 40.9 Å². The third-order valence-electron chi connectivity index (χ3n) is 3.32. The van der Waals surface area contributed by atoms with E-state index in [0.717, 1.165) is 15.3 Å². The van der Waals surface area contributed by atoms with E-state index in [2.05, 4.69) is 5.32 Å². The van der Waals surface area contributed by atoms with Gasteiger partial charge in [-0.25, -0.2) is 4.39 Å². The maximum atomic E-state index is 13.1. The van der Waals surface area contributed by atoms with Crippen LogP contribution in [-0.2, 0) is 6.54 Å². The molecule has 118 valence electrons. The van der Waals surface area contributed by atoms with Gasteiger partial charge in [0.2, 0.25) is 0 Å². The summed E-state index contributed by atoms with van der Waals surface area (Å²) in [6, 6.07) is 11.2. The molecule has 1 amide bonds. The third kappa shape index (κ3) is 3.85. The number of benzene rings is 1. The number of carbonyl (C=O) groups excluding carboxylic acids is 1. The minimum Gasteiger partial charge on any atom is -0.383 e. The van der Waals surface area contributed by atoms with E-state index < -0.39 is 11.9 Å². The molecule has 2 aromatic heterocycles. The fourth-order valence-corrected chi connectivity index (χ4v) is 3.78. The second-order valence-corrected chi connectivity index (χ2v) is 6.94. The van der Waals surface area contributed by atoms with Crippen LogP contribution in [0.25, 0.3) is 0 Å². The molecular formula is C17H14FNO2S2. The number of aliphatic hydroxyl groups excluding tert-OH is 1. The van der Waals surface area contributed by atoms with Crippen molar-refractivity contribution in [2.24, 2.45) is 0 Å². The van der Waals surface area contributed by atoms with Gasteiger partial charge in [0.25, 0.3) is 5.91 Å². The molecule has 3 rings (SSSR count). The van der Waals surface area contributed by atoms with Crippen LogP contribution in [0, 0.1) is 5.82 Å². The molecule has 0 radical (unpaired) electrons. The van der Waals surface area contributed by atoms with Crippen LogP contribution in [0.3, 0.4) is 0 Å². The Balaban J connectivity index is 1.62. The fourth-order valence-electron chi connectivity index (χ4n) is 2.13. The number of hydrogen-bond donors (Lipinski definition) is 2. The van der Waals surface area contributed by atoms with E-state index in [1.54, 1.807) is 6.07 Å². The predicted octanol–water partition coefficient (Wildman–Crippen LogP) is 3.96. The van der Waals surface area contributed by atoms with Crippen LogP contribution in [0.15, 0.2) is 53.2 Å². The van der Waals surface area contributed by atoms with Gasteiger partial charge in [-0.2, -0.15) is 11.3 Å². The van der Waals surface area contributed by atoms with Gasteiger partial charge < -0.3 is 10.4 Å². The summed E-state index contributed by atoms with van der Waals surface area (Å²) in [7, 11) is 0. The van der Waals surface area contributed by atoms with Gasteiger partial charge in [0, 0.05) is 15.3 Å². The number of thiophene rings is 2. The first-order valence-electron chi connectivity index (χ1n) is 6.96. The molecule has 0 aliphatic heterocycles. The molecule has 3 aromatic rings. The minimum absolute atomic E-state index is 0.292. The topological polar surface area (TPSA) is 49.3 Å². The second kappa shape index (κ2) is 7.04. The third-order valence-corrected chi connectivity index (χ3v) is 5.16. The first-order valence-corrected chi connectivity index (χ1v) is 8.72. The molecule has 2 heterocycles. The van der Waals surface area contributed by atoms with Crippen molar-refractivity contribution in [3.05, 3.63) is 79.9 Å². The van der Waals surface area contributed by atoms with E-state index in [-0.39, 0.29) is 5.91 Å². The van der Waals surface area contributed by atoms with E-state index >= 15 is 0 Å². The normalized spacial score (nSPS) is 12.1. The summed E-state index contributed by atoms with van der Waals surface area (Å²) in [6.07, 6.45) is -0.640. The van der Waals surface area contributed by atoms with Crippen LogP contribution in [0.4, 0.5) is 4.39 Å². The Morgan fingerprint density at radius 1 is 1.26 bits per heavy atom. The van der Waals surface area contributed by atoms with Gasteiger partial charge >= 0.3 is 0 Å². The zero-order chi connectivity index (χ0) is 16.2. The molecule has 0 saturated heterocycles. The first-order chi connectivity index (χ1) is 11.1. The van der Waals surface area contributed by atoms with Gasteiger partial charge in [-0.05, 0) is 52.7 Å². The molecule has 1 unspecified atom stereocenters. The van der Waals surface area contributed by atoms with Gasteiger partial charge in [0.05, 0.1) is 6.54 Å². The number of amides is 1. The number of aliphatic hydroxyl groups is 1. The van der Waals surface area contributed by atoms with Crippen molar-refractivity contribution in [3.63, 3.8) is 0 Å². The maximum absolute atomic E-state index is 13.1. The average molecular weight is 347 g/mol. The summed E-state index contributed by atoms with van der Waals surface area (Å²) >= 11 is 2.98. The lowest BCUT2D eigenvalue weighted by Gasteiger charge is -2.06. The quantitative estimate of drug-likeness (QED) is 0.734. The lowest BCUT2D eigenvalue weighted by molar-refractivity contribution is 0.0951. The Hall–Kier alpha value is -2.02. The summed E-state index contributed by atoms with van der Waals surface area (Å²) in [5, 5.41) is 16.9. The number of halogens is 1. The van der Waals surface area contributed by atoms with Crippen molar-refractivity contribution in [1.29, 1.82) is 0 Å². The number of hydrogen-bond acceptors (Lipinski definition) is 4. The highest BCUT2D eigenvalue weighted by molar-refractivity contribution is 7.12. The Morgan fingerprint density at radius 3 is 2.87 bits per heavy atom. The Kier molecular flexibility index (Phi) is 4.85. The lowest BCUT2D eigenvalue weighted by Crippen LogP contribution is -2.22. The van der Waals surface area contributed by atoms with E-state index in [4.69, 9.17) is 0 Å². The standard InChI is InChI=1S/C17H14FNO2S2/c18-13-3-1-2-11(8-13)17(21)19-9-14-4-5-15(23-14)16(20)12-6-7-22-10-12/h1-8,10,16,20H,9H2,(H,19,21). The molecule has 2 N–H and O–H groups in total. The molecule has 0 bridgehead atoms. The smallest absolute Gasteiger partial charge is 0.251 e. The molecule has 0 aliphatic rings. The van der Waals surface area contributed by atoms with Crippen LogP contribution in [-0.4, -0.2) is 11.0 Å². The lowest BCUT2D eigenvalue weighted by atomic mass is 10.2. The minimum atomic E-state index is -0.640. The molecule has 0 spiro atoms. The van der Waals surface area contributed by atoms with Crippen LogP contribution in [0.2, 0.25) is 0 Å². The highest BCUT2D eigenvalue weighted by atomic mass is 32.1. The van der Waals surface area contributed by atoms with Crippen molar-refractivity contribution < 1.29 is 14.3 Å². The van der Waals surface area contributed by atoms with Crippen LogP contribution < -0.4 is 5.32 Å². The Labute approximate surface area is 141 Å². The monoisotopic (exact) mass is 347 g/mol. The molecule has 6 heteroatoms. The van der Waals surface area contributed by atoms with Gasteiger partial charge in [-0.1, -0.05) is 6.07 Å². The number of carbonyl (C=O) groups is 1. The zero-order valence-corrected chi connectivity index (χ0v) is 13.7. The highest BCUT2D eigenvalue weighted by Crippen LogP contribution is 2.29. The summed E-state index contributed by atoms with van der Waals surface area (Å²) in [4.78, 5) is 13.7. The molecule has 1 aromatic carbocycles. The van der Waals surface area contributed by atoms with E-state index in [9.17, 15) is 14.3 Å². The van der Waals surface area contributed by atoms with Gasteiger partial charge in [-0.3, -0.25) is 4.79 Å². The van der Waals surface area contributed by atoms with Crippen molar-refractivity contribution in [3.8, 4) is 0 Å². The van der Waals surface area contributed by atoms with Crippen LogP contribution in [0.5, 0.6) is 0 Å². The summed E-state index contributed by atoms with van der Waals surface area (Å²) in [6.45, 7) is 0.344. The molecule has 0 fully saturated rings. The zero-order valence-electron chi connectivity index (χ0n) is 12.0. The maximum Gasteiger partial charge on any atom is 0.251 e. The Morgan fingerprint density at radius 2 is 2.13 bits per heavy atom. The SMILES string of the molecule is O=C(NCc1ccc(C(O)c2ccsc2)s1)c1cccc(F)c1. The highest BCUT2D eigenvalue weighted by Gasteiger charge is 2.14. The van der Waals surface area contributed by atoms with E-state index in [1.807, 2.05) is 29.0 Å². The van der Waals surface area contributed by atoms with Gasteiger partial charge in [-0.15, -0.1) is 11.3 Å². The molecule has 0 aliphatic carbocycles. The van der Waals surface area contributed by atoms with E-state index in [0.29, 0.717) is 12.1 Å². The van der Waals surface area contributed by atoms with Crippen molar-refractivity contribution in [1.82, 2.24) is 5.32 Å². The van der Waals surface area contributed by atoms with Crippen molar-refractivity contribution >= 4 is 28.6 Å². The summed E-state index contributed by atoms with van der Waals surface area (Å²) < 4.78 is 13.1. The molecule has 3 nitrogen and oxygen atoms in total. The summed E-state index contributed by atoms with van der Waals surface area (Å²) in [5.74, 6) is -0.757. The number of rotatable bonds is 5.